The molecule has 1 aromatic carbocycles. The number of halogens is 2. The van der Waals surface area contributed by atoms with Gasteiger partial charge in [-0.2, -0.15) is 8.78 Å². The van der Waals surface area contributed by atoms with Gasteiger partial charge in [-0.15, -0.1) is 0 Å². The molecule has 130 valence electrons. The van der Waals surface area contributed by atoms with Gasteiger partial charge in [-0.25, -0.2) is 0 Å². The molecule has 7 heteroatoms. The molecule has 24 heavy (non-hydrogen) atoms. The van der Waals surface area contributed by atoms with Crippen molar-refractivity contribution in [3.8, 4) is 5.75 Å². The first-order valence-electron chi connectivity index (χ1n) is 7.42. The number of carbonyl (C=O) groups excluding carboxylic acids is 1. The number of hydrogen-bond acceptors (Lipinski definition) is 4. The van der Waals surface area contributed by atoms with Gasteiger partial charge in [-0.1, -0.05) is 12.1 Å². The molecule has 0 fully saturated rings. The third-order valence-corrected chi connectivity index (χ3v) is 3.41. The summed E-state index contributed by atoms with van der Waals surface area (Å²) in [7, 11) is 3.54. The topological polar surface area (TPSA) is 45.9 Å². The smallest absolute Gasteiger partial charge is 0.387 e. The van der Waals surface area contributed by atoms with Crippen LogP contribution in [-0.4, -0.2) is 43.0 Å². The molecule has 0 aliphatic heterocycles. The molecule has 0 radical (unpaired) electrons. The number of hydrogen-bond donors (Lipinski definition) is 0. The van der Waals surface area contributed by atoms with Crippen LogP contribution in [0.1, 0.15) is 11.3 Å². The zero-order valence-electron chi connectivity index (χ0n) is 13.6. The zero-order chi connectivity index (χ0) is 17.5. The van der Waals surface area contributed by atoms with Crippen molar-refractivity contribution in [1.29, 1.82) is 0 Å². The first-order chi connectivity index (χ1) is 11.4. The van der Waals surface area contributed by atoms with Gasteiger partial charge in [0.25, 0.3) is 0 Å². The molecule has 1 heterocycles. The summed E-state index contributed by atoms with van der Waals surface area (Å²) in [4.78, 5) is 15.6. The van der Waals surface area contributed by atoms with E-state index in [-0.39, 0.29) is 18.2 Å². The molecule has 0 aliphatic carbocycles. The van der Waals surface area contributed by atoms with E-state index in [0.29, 0.717) is 13.1 Å². The fourth-order valence-electron chi connectivity index (χ4n) is 2.22. The minimum absolute atomic E-state index is 0.0356. The molecule has 5 nitrogen and oxygen atoms in total. The number of benzene rings is 1. The van der Waals surface area contributed by atoms with E-state index in [1.807, 2.05) is 18.0 Å². The molecule has 0 atom stereocenters. The summed E-state index contributed by atoms with van der Waals surface area (Å²) in [5.41, 5.74) is 0.903. The average Bonchev–Trinajstić information content (AvgIpc) is 3.01. The molecular formula is C17H20F2N2O3. The Hall–Kier alpha value is -2.41. The number of nitrogens with zero attached hydrogens (tertiary/aromatic N) is 2. The second kappa shape index (κ2) is 8.44. The summed E-state index contributed by atoms with van der Waals surface area (Å²) in [6.07, 6.45) is 1.57. The van der Waals surface area contributed by atoms with Crippen LogP contribution in [0.4, 0.5) is 8.78 Å². The van der Waals surface area contributed by atoms with Crippen molar-refractivity contribution in [2.24, 2.45) is 0 Å². The van der Waals surface area contributed by atoms with E-state index in [0.717, 1.165) is 11.3 Å². The quantitative estimate of drug-likeness (QED) is 0.742. The fraction of sp³-hybridized carbons (Fsp3) is 0.353. The molecule has 1 aromatic heterocycles. The molecule has 1 amide bonds. The summed E-state index contributed by atoms with van der Waals surface area (Å²) >= 11 is 0. The lowest BCUT2D eigenvalue weighted by molar-refractivity contribution is -0.131. The summed E-state index contributed by atoms with van der Waals surface area (Å²) in [6, 6.07) is 9.97. The van der Waals surface area contributed by atoms with Crippen molar-refractivity contribution >= 4 is 5.91 Å². The Morgan fingerprint density at radius 1 is 1.17 bits per heavy atom. The lowest BCUT2D eigenvalue weighted by Gasteiger charge is -2.21. The second-order valence-electron chi connectivity index (χ2n) is 5.52. The van der Waals surface area contributed by atoms with E-state index in [1.54, 1.807) is 36.4 Å². The monoisotopic (exact) mass is 338 g/mol. The van der Waals surface area contributed by atoms with Gasteiger partial charge < -0.3 is 14.1 Å². The molecule has 2 aromatic rings. The van der Waals surface area contributed by atoms with Gasteiger partial charge in [0.2, 0.25) is 5.91 Å². The van der Waals surface area contributed by atoms with Crippen LogP contribution >= 0.6 is 0 Å². The van der Waals surface area contributed by atoms with Crippen LogP contribution in [0.2, 0.25) is 0 Å². The van der Waals surface area contributed by atoms with Crippen LogP contribution in [0.3, 0.4) is 0 Å². The normalized spacial score (nSPS) is 11.1. The predicted molar refractivity (Wildman–Crippen MR) is 84.6 cm³/mol. The van der Waals surface area contributed by atoms with Gasteiger partial charge in [0.05, 0.1) is 19.4 Å². The fourth-order valence-corrected chi connectivity index (χ4v) is 2.22. The highest BCUT2D eigenvalue weighted by molar-refractivity contribution is 5.77. The molecule has 0 bridgehead atoms. The Labute approximate surface area is 139 Å². The van der Waals surface area contributed by atoms with Gasteiger partial charge in [-0.3, -0.25) is 9.69 Å². The number of rotatable bonds is 8. The standard InChI is InChI=1S/C17H20F2N2O3/c1-20(10-13-5-7-14(8-6-13)24-17(18)19)12-16(22)21(2)11-15-4-3-9-23-15/h3-9,17H,10-12H2,1-2H3. The van der Waals surface area contributed by atoms with Crippen LogP contribution in [0.15, 0.2) is 47.1 Å². The van der Waals surface area contributed by atoms with Crippen LogP contribution in [0, 0.1) is 0 Å². The van der Waals surface area contributed by atoms with Gasteiger partial charge >= 0.3 is 6.61 Å². The number of carbonyl (C=O) groups is 1. The van der Waals surface area contributed by atoms with E-state index in [1.165, 1.54) is 12.1 Å². The Bertz CT molecular complexity index is 630. The largest absolute Gasteiger partial charge is 0.467 e. The number of furan rings is 1. The number of amides is 1. The number of alkyl halides is 2. The molecule has 0 unspecified atom stereocenters. The lowest BCUT2D eigenvalue weighted by Crippen LogP contribution is -2.35. The highest BCUT2D eigenvalue weighted by Crippen LogP contribution is 2.15. The van der Waals surface area contributed by atoms with Gasteiger partial charge in [0.1, 0.15) is 11.5 Å². The zero-order valence-corrected chi connectivity index (χ0v) is 13.6. The average molecular weight is 338 g/mol. The maximum atomic E-state index is 12.2. The first-order valence-corrected chi connectivity index (χ1v) is 7.42. The van der Waals surface area contributed by atoms with Crippen molar-refractivity contribution in [3.63, 3.8) is 0 Å². The second-order valence-corrected chi connectivity index (χ2v) is 5.52. The lowest BCUT2D eigenvalue weighted by atomic mass is 10.2. The maximum Gasteiger partial charge on any atom is 0.387 e. The SMILES string of the molecule is CN(CC(=O)N(C)Cc1ccco1)Cc1ccc(OC(F)F)cc1. The first kappa shape index (κ1) is 17.9. The van der Waals surface area contributed by atoms with Crippen molar-refractivity contribution < 1.29 is 22.7 Å². The van der Waals surface area contributed by atoms with Crippen molar-refractivity contribution in [2.75, 3.05) is 20.6 Å². The van der Waals surface area contributed by atoms with E-state index in [2.05, 4.69) is 4.74 Å². The molecular weight excluding hydrogens is 318 g/mol. The molecule has 0 aliphatic rings. The van der Waals surface area contributed by atoms with E-state index >= 15 is 0 Å². The van der Waals surface area contributed by atoms with Crippen molar-refractivity contribution in [1.82, 2.24) is 9.80 Å². The van der Waals surface area contributed by atoms with Crippen LogP contribution in [0.25, 0.3) is 0 Å². The highest BCUT2D eigenvalue weighted by Gasteiger charge is 2.13. The Morgan fingerprint density at radius 3 is 2.46 bits per heavy atom. The Morgan fingerprint density at radius 2 is 1.88 bits per heavy atom. The molecule has 0 N–H and O–H groups in total. The van der Waals surface area contributed by atoms with E-state index in [9.17, 15) is 13.6 Å². The molecule has 0 saturated heterocycles. The van der Waals surface area contributed by atoms with Gasteiger partial charge in [0.15, 0.2) is 0 Å². The molecule has 0 spiro atoms. The van der Waals surface area contributed by atoms with E-state index in [4.69, 9.17) is 4.42 Å². The Kier molecular flexibility index (Phi) is 6.31. The Balaban J connectivity index is 1.81. The minimum Gasteiger partial charge on any atom is -0.467 e. The minimum atomic E-state index is -2.83. The van der Waals surface area contributed by atoms with Crippen LogP contribution < -0.4 is 4.74 Å². The maximum absolute atomic E-state index is 12.2. The third-order valence-electron chi connectivity index (χ3n) is 3.41. The van der Waals surface area contributed by atoms with Crippen molar-refractivity contribution in [2.45, 2.75) is 19.7 Å². The van der Waals surface area contributed by atoms with E-state index < -0.39 is 6.61 Å². The number of ether oxygens (including phenoxy) is 1. The number of likely N-dealkylation sites (N-methyl/N-ethyl adjacent to an activating group) is 2. The molecule has 2 rings (SSSR count). The summed E-state index contributed by atoms with van der Waals surface area (Å²) in [5, 5.41) is 0. The third kappa shape index (κ3) is 5.66. The molecule has 0 saturated carbocycles. The van der Waals surface area contributed by atoms with Gasteiger partial charge in [0, 0.05) is 13.6 Å². The highest BCUT2D eigenvalue weighted by atomic mass is 19.3. The summed E-state index contributed by atoms with van der Waals surface area (Å²) in [6.45, 7) is -1.65. The predicted octanol–water partition coefficient (Wildman–Crippen LogP) is 2.97. The summed E-state index contributed by atoms with van der Waals surface area (Å²) in [5.74, 6) is 0.806. The van der Waals surface area contributed by atoms with Gasteiger partial charge in [-0.05, 0) is 36.9 Å². The van der Waals surface area contributed by atoms with Crippen LogP contribution in [0.5, 0.6) is 5.75 Å². The van der Waals surface area contributed by atoms with Crippen molar-refractivity contribution in [3.05, 3.63) is 54.0 Å². The van der Waals surface area contributed by atoms with Crippen LogP contribution in [-0.2, 0) is 17.9 Å². The summed E-state index contributed by atoms with van der Waals surface area (Å²) < 4.78 is 33.7.